The minimum Gasteiger partial charge on any atom is -0.488 e. The third kappa shape index (κ3) is 8.35. The largest absolute Gasteiger partial charge is 0.488 e. The highest BCUT2D eigenvalue weighted by molar-refractivity contribution is 6.31. The van der Waals surface area contributed by atoms with E-state index in [1.54, 1.807) is 18.2 Å². The van der Waals surface area contributed by atoms with Gasteiger partial charge < -0.3 is 20.5 Å². The lowest BCUT2D eigenvalue weighted by Gasteiger charge is -2.18. The van der Waals surface area contributed by atoms with Gasteiger partial charge in [-0.3, -0.25) is 4.79 Å². The molecule has 0 saturated heterocycles. The summed E-state index contributed by atoms with van der Waals surface area (Å²) in [7, 11) is 0. The van der Waals surface area contributed by atoms with Gasteiger partial charge in [0, 0.05) is 29.2 Å². The fourth-order valence-electron chi connectivity index (χ4n) is 4.35. The average Bonchev–Trinajstić information content (AvgIpc) is 2.99. The van der Waals surface area contributed by atoms with Crippen LogP contribution in [0.5, 0.6) is 5.75 Å². The van der Waals surface area contributed by atoms with Gasteiger partial charge >= 0.3 is 5.97 Å². The van der Waals surface area contributed by atoms with E-state index >= 15 is 0 Å². The van der Waals surface area contributed by atoms with E-state index in [9.17, 15) is 14.7 Å². The van der Waals surface area contributed by atoms with Crippen molar-refractivity contribution in [3.8, 4) is 16.9 Å². The molecule has 2 atom stereocenters. The van der Waals surface area contributed by atoms with Gasteiger partial charge in [-0.25, -0.2) is 4.79 Å². The molecule has 212 valence electrons. The summed E-state index contributed by atoms with van der Waals surface area (Å²) in [6.07, 6.45) is 1.12. The fraction of sp³-hybridized carbons (Fsp3) is 0.235. The summed E-state index contributed by atoms with van der Waals surface area (Å²) in [6.45, 7) is 5.36. The van der Waals surface area contributed by atoms with Gasteiger partial charge in [0.05, 0.1) is 5.56 Å². The molecular weight excluding hydrogens is 536 g/mol. The number of benzene rings is 4. The Bertz CT molecular complexity index is 1460. The van der Waals surface area contributed by atoms with E-state index in [4.69, 9.17) is 16.3 Å². The lowest BCUT2D eigenvalue weighted by molar-refractivity contribution is -0.139. The Hall–Kier alpha value is -4.29. The van der Waals surface area contributed by atoms with Gasteiger partial charge in [-0.15, -0.1) is 0 Å². The molecule has 0 fully saturated rings. The minimum absolute atomic E-state index is 0.129. The summed E-state index contributed by atoms with van der Waals surface area (Å²) in [6, 6.07) is 29.3. The van der Waals surface area contributed by atoms with Crippen molar-refractivity contribution in [2.45, 2.75) is 39.3 Å². The number of hydrogen-bond acceptors (Lipinski definition) is 4. The molecule has 0 aliphatic carbocycles. The zero-order valence-electron chi connectivity index (χ0n) is 23.3. The Morgan fingerprint density at radius 1 is 0.902 bits per heavy atom. The third-order valence-electron chi connectivity index (χ3n) is 7.00. The van der Waals surface area contributed by atoms with E-state index in [1.165, 1.54) is 0 Å². The molecule has 4 aromatic rings. The lowest BCUT2D eigenvalue weighted by atomic mass is 9.99. The molecule has 0 bridgehead atoms. The zero-order valence-corrected chi connectivity index (χ0v) is 24.0. The first-order valence-corrected chi connectivity index (χ1v) is 14.1. The van der Waals surface area contributed by atoms with Crippen molar-refractivity contribution in [3.63, 3.8) is 0 Å². The number of carbonyl (C=O) groups excluding carboxylic acids is 1. The topological polar surface area (TPSA) is 87.7 Å². The maximum Gasteiger partial charge on any atom is 0.326 e. The van der Waals surface area contributed by atoms with Crippen LogP contribution in [0, 0.1) is 5.92 Å². The first-order valence-electron chi connectivity index (χ1n) is 13.8. The Labute approximate surface area is 246 Å². The molecule has 3 N–H and O–H groups in total. The highest BCUT2D eigenvalue weighted by Crippen LogP contribution is 2.31. The number of rotatable bonds is 13. The molecule has 4 rings (SSSR count). The molecule has 1 unspecified atom stereocenters. The summed E-state index contributed by atoms with van der Waals surface area (Å²) in [5.74, 6) is -0.427. The fourth-order valence-corrected chi connectivity index (χ4v) is 4.52. The molecule has 0 radical (unpaired) electrons. The molecular formula is C34H35ClN2O4. The van der Waals surface area contributed by atoms with Crippen molar-refractivity contribution in [2.24, 2.45) is 5.92 Å². The van der Waals surface area contributed by atoms with Crippen LogP contribution < -0.4 is 15.4 Å². The normalized spacial score (nSPS) is 12.3. The molecule has 0 heterocycles. The smallest absolute Gasteiger partial charge is 0.326 e. The number of carbonyl (C=O) groups is 2. The van der Waals surface area contributed by atoms with Crippen LogP contribution in [-0.4, -0.2) is 29.6 Å². The van der Waals surface area contributed by atoms with Crippen LogP contribution in [0.4, 0.5) is 5.69 Å². The summed E-state index contributed by atoms with van der Waals surface area (Å²) in [4.78, 5) is 25.3. The lowest BCUT2D eigenvalue weighted by Crippen LogP contribution is -2.42. The van der Waals surface area contributed by atoms with E-state index in [0.29, 0.717) is 35.3 Å². The highest BCUT2D eigenvalue weighted by Gasteiger charge is 2.23. The number of nitrogens with one attached hydrogen (secondary N) is 2. The molecule has 0 aromatic heterocycles. The summed E-state index contributed by atoms with van der Waals surface area (Å²) < 4.78 is 6.10. The van der Waals surface area contributed by atoms with Gasteiger partial charge in [0.2, 0.25) is 0 Å². The summed E-state index contributed by atoms with van der Waals surface area (Å²) in [5, 5.41) is 16.3. The van der Waals surface area contributed by atoms with E-state index in [1.807, 2.05) is 78.9 Å². The highest BCUT2D eigenvalue weighted by atomic mass is 35.5. The molecule has 41 heavy (non-hydrogen) atoms. The van der Waals surface area contributed by atoms with Gasteiger partial charge in [0.15, 0.2) is 0 Å². The number of para-hydroxylation sites is 1. The predicted molar refractivity (Wildman–Crippen MR) is 165 cm³/mol. The van der Waals surface area contributed by atoms with E-state index in [-0.39, 0.29) is 6.42 Å². The van der Waals surface area contributed by atoms with Crippen LogP contribution >= 0.6 is 11.6 Å². The number of carboxylic acid groups (broad SMARTS) is 1. The van der Waals surface area contributed by atoms with Crippen molar-refractivity contribution in [1.29, 1.82) is 0 Å². The molecule has 1 amide bonds. The van der Waals surface area contributed by atoms with Crippen molar-refractivity contribution in [3.05, 3.63) is 119 Å². The quantitative estimate of drug-likeness (QED) is 0.155. The molecule has 0 spiro atoms. The standard InChI is InChI=1S/C34H35ClN2O4/c1-3-23(2)21-36-30-18-17-27(35)20-29(30)33(38)37-31(34(39)40)19-24-13-15-26(16-14-24)28-11-7-8-12-32(28)41-22-25-9-5-4-6-10-25/h4-18,20,23,31,36H,3,19,21-22H2,1-2H3,(H,37,38)(H,39,40)/t23?,31-/m0/s1. The first-order chi connectivity index (χ1) is 19.8. The maximum atomic E-state index is 13.2. The maximum absolute atomic E-state index is 13.2. The summed E-state index contributed by atoms with van der Waals surface area (Å²) in [5.41, 5.74) is 4.69. The van der Waals surface area contributed by atoms with Crippen molar-refractivity contribution in [2.75, 3.05) is 11.9 Å². The van der Waals surface area contributed by atoms with E-state index in [0.717, 1.165) is 34.4 Å². The Balaban J connectivity index is 1.45. The molecule has 4 aromatic carbocycles. The van der Waals surface area contributed by atoms with E-state index in [2.05, 4.69) is 24.5 Å². The van der Waals surface area contributed by atoms with Gasteiger partial charge in [-0.1, -0.05) is 105 Å². The number of ether oxygens (including phenoxy) is 1. The first kappa shape index (κ1) is 29.7. The van der Waals surface area contributed by atoms with Crippen LogP contribution in [0.1, 0.15) is 41.8 Å². The monoisotopic (exact) mass is 570 g/mol. The molecule has 7 heteroatoms. The Morgan fingerprint density at radius 3 is 2.32 bits per heavy atom. The predicted octanol–water partition coefficient (Wildman–Crippen LogP) is 7.47. The van der Waals surface area contributed by atoms with Gasteiger partial charge in [-0.05, 0) is 46.9 Å². The molecule has 0 aliphatic heterocycles. The van der Waals surface area contributed by atoms with Crippen molar-refractivity contribution >= 4 is 29.2 Å². The number of hydrogen-bond donors (Lipinski definition) is 3. The number of carboxylic acids is 1. The second-order valence-electron chi connectivity index (χ2n) is 10.1. The van der Waals surface area contributed by atoms with Crippen molar-refractivity contribution in [1.82, 2.24) is 5.32 Å². The molecule has 0 saturated carbocycles. The van der Waals surface area contributed by atoms with Gasteiger partial charge in [0.1, 0.15) is 18.4 Å². The number of aliphatic carboxylic acids is 1. The van der Waals surface area contributed by atoms with Crippen molar-refractivity contribution < 1.29 is 19.4 Å². The van der Waals surface area contributed by atoms with Crippen LogP contribution in [0.2, 0.25) is 5.02 Å². The zero-order chi connectivity index (χ0) is 29.2. The number of halogens is 1. The summed E-state index contributed by atoms with van der Waals surface area (Å²) >= 11 is 6.17. The average molecular weight is 571 g/mol. The van der Waals surface area contributed by atoms with Gasteiger partial charge in [-0.2, -0.15) is 0 Å². The molecule has 6 nitrogen and oxygen atoms in total. The third-order valence-corrected chi connectivity index (χ3v) is 7.23. The van der Waals surface area contributed by atoms with Crippen LogP contribution in [0.15, 0.2) is 97.1 Å². The Kier molecular flexibility index (Phi) is 10.4. The second kappa shape index (κ2) is 14.4. The van der Waals surface area contributed by atoms with Crippen LogP contribution in [0.3, 0.4) is 0 Å². The minimum atomic E-state index is -1.11. The SMILES string of the molecule is CCC(C)CNc1ccc(Cl)cc1C(=O)N[C@@H](Cc1ccc(-c2ccccc2OCc2ccccc2)cc1)C(=O)O. The Morgan fingerprint density at radius 2 is 1.61 bits per heavy atom. The number of anilines is 1. The van der Waals surface area contributed by atoms with Gasteiger partial charge in [0.25, 0.3) is 5.91 Å². The molecule has 0 aliphatic rings. The number of amides is 1. The van der Waals surface area contributed by atoms with Crippen LogP contribution in [-0.2, 0) is 17.8 Å². The van der Waals surface area contributed by atoms with Crippen LogP contribution in [0.25, 0.3) is 11.1 Å². The van der Waals surface area contributed by atoms with E-state index < -0.39 is 17.9 Å². The second-order valence-corrected chi connectivity index (χ2v) is 10.6.